The highest BCUT2D eigenvalue weighted by Gasteiger charge is 2.11. The number of halogens is 1. The van der Waals surface area contributed by atoms with E-state index in [4.69, 9.17) is 11.6 Å². The minimum atomic E-state index is -0.641. The minimum Gasteiger partial charge on any atom is -0.386 e. The molecular formula is C20H25ClN6OS. The van der Waals surface area contributed by atoms with Crippen molar-refractivity contribution in [2.24, 2.45) is 4.99 Å². The molecule has 0 aromatic carbocycles. The van der Waals surface area contributed by atoms with Crippen LogP contribution >= 0.6 is 22.9 Å². The Kier molecular flexibility index (Phi) is 7.24. The van der Waals surface area contributed by atoms with E-state index >= 15 is 0 Å². The molecule has 0 bridgehead atoms. The molecule has 3 N–H and O–H groups in total. The Morgan fingerprint density at radius 3 is 2.69 bits per heavy atom. The number of aliphatic imine (C=N–C) groups is 1. The van der Waals surface area contributed by atoms with Crippen LogP contribution in [0.5, 0.6) is 0 Å². The van der Waals surface area contributed by atoms with Crippen molar-refractivity contribution in [2.45, 2.75) is 33.4 Å². The Morgan fingerprint density at radius 1 is 1.28 bits per heavy atom. The lowest BCUT2D eigenvalue weighted by molar-refractivity contribution is 0.184. The Balaban J connectivity index is 1.61. The first kappa shape index (κ1) is 21.3. The first-order valence-electron chi connectivity index (χ1n) is 9.40. The molecule has 29 heavy (non-hydrogen) atoms. The predicted octanol–water partition coefficient (Wildman–Crippen LogP) is 3.39. The molecular weight excluding hydrogens is 408 g/mol. The van der Waals surface area contributed by atoms with Crippen LogP contribution in [0.2, 0.25) is 4.34 Å². The second-order valence-electron chi connectivity index (χ2n) is 6.60. The number of aliphatic hydroxyl groups is 1. The van der Waals surface area contributed by atoms with Crippen LogP contribution in [-0.4, -0.2) is 38.9 Å². The van der Waals surface area contributed by atoms with E-state index in [1.54, 1.807) is 12.3 Å². The molecule has 3 rings (SSSR count). The SMILES string of the molecule is CCNC(=NCc1ccc(-n2nc(C)cc2C)nc1)NCC(O)c1ccc(Cl)s1. The van der Waals surface area contributed by atoms with E-state index < -0.39 is 6.10 Å². The van der Waals surface area contributed by atoms with Crippen molar-refractivity contribution in [1.29, 1.82) is 0 Å². The second-order valence-corrected chi connectivity index (χ2v) is 8.34. The maximum absolute atomic E-state index is 10.3. The van der Waals surface area contributed by atoms with Gasteiger partial charge in [0.15, 0.2) is 11.8 Å². The zero-order valence-corrected chi connectivity index (χ0v) is 18.3. The summed E-state index contributed by atoms with van der Waals surface area (Å²) < 4.78 is 2.49. The quantitative estimate of drug-likeness (QED) is 0.393. The molecule has 0 spiro atoms. The van der Waals surface area contributed by atoms with Crippen LogP contribution in [0.15, 0.2) is 41.5 Å². The molecule has 0 aliphatic rings. The second kappa shape index (κ2) is 9.87. The maximum Gasteiger partial charge on any atom is 0.191 e. The van der Waals surface area contributed by atoms with E-state index in [1.165, 1.54) is 11.3 Å². The van der Waals surface area contributed by atoms with Gasteiger partial charge in [-0.05, 0) is 50.6 Å². The van der Waals surface area contributed by atoms with Crippen molar-refractivity contribution in [2.75, 3.05) is 13.1 Å². The normalized spacial score (nSPS) is 12.8. The molecule has 0 aliphatic carbocycles. The van der Waals surface area contributed by atoms with Crippen molar-refractivity contribution in [3.8, 4) is 5.82 Å². The van der Waals surface area contributed by atoms with Gasteiger partial charge in [-0.1, -0.05) is 17.7 Å². The number of nitrogens with one attached hydrogen (secondary N) is 2. The van der Waals surface area contributed by atoms with Crippen LogP contribution in [0.4, 0.5) is 0 Å². The van der Waals surface area contributed by atoms with Gasteiger partial charge in [-0.2, -0.15) is 5.10 Å². The Morgan fingerprint density at radius 2 is 2.10 bits per heavy atom. The fourth-order valence-corrected chi connectivity index (χ4v) is 3.86. The highest BCUT2D eigenvalue weighted by Crippen LogP contribution is 2.26. The van der Waals surface area contributed by atoms with E-state index in [2.05, 4.69) is 25.7 Å². The topological polar surface area (TPSA) is 87.4 Å². The van der Waals surface area contributed by atoms with Crippen LogP contribution in [0.25, 0.3) is 5.82 Å². The van der Waals surface area contributed by atoms with Crippen molar-refractivity contribution in [3.63, 3.8) is 0 Å². The van der Waals surface area contributed by atoms with Crippen molar-refractivity contribution < 1.29 is 5.11 Å². The molecule has 1 unspecified atom stereocenters. The van der Waals surface area contributed by atoms with Gasteiger partial charge in [0.25, 0.3) is 0 Å². The van der Waals surface area contributed by atoms with E-state index in [-0.39, 0.29) is 0 Å². The minimum absolute atomic E-state index is 0.345. The van der Waals surface area contributed by atoms with Gasteiger partial charge in [-0.15, -0.1) is 11.3 Å². The number of aryl methyl sites for hydroxylation is 2. The zero-order chi connectivity index (χ0) is 20.8. The van der Waals surface area contributed by atoms with Crippen LogP contribution in [0.1, 0.15) is 34.9 Å². The number of aromatic nitrogens is 3. The number of hydrogen-bond acceptors (Lipinski definition) is 5. The smallest absolute Gasteiger partial charge is 0.191 e. The van der Waals surface area contributed by atoms with Gasteiger partial charge >= 0.3 is 0 Å². The van der Waals surface area contributed by atoms with Gasteiger partial charge in [-0.25, -0.2) is 14.7 Å². The van der Waals surface area contributed by atoms with Gasteiger partial charge in [0.1, 0.15) is 6.10 Å². The monoisotopic (exact) mass is 432 g/mol. The molecule has 3 aromatic rings. The maximum atomic E-state index is 10.3. The molecule has 0 fully saturated rings. The summed E-state index contributed by atoms with van der Waals surface area (Å²) in [6, 6.07) is 9.57. The Hall–Kier alpha value is -2.42. The lowest BCUT2D eigenvalue weighted by atomic mass is 10.3. The first-order chi connectivity index (χ1) is 14.0. The summed E-state index contributed by atoms with van der Waals surface area (Å²) in [7, 11) is 0. The highest BCUT2D eigenvalue weighted by atomic mass is 35.5. The largest absolute Gasteiger partial charge is 0.386 e. The van der Waals surface area contributed by atoms with Gasteiger partial charge in [-0.3, -0.25) is 0 Å². The number of nitrogens with zero attached hydrogens (tertiary/aromatic N) is 4. The Bertz CT molecular complexity index is 966. The number of hydrogen-bond donors (Lipinski definition) is 3. The summed E-state index contributed by atoms with van der Waals surface area (Å²) in [4.78, 5) is 9.90. The predicted molar refractivity (Wildman–Crippen MR) is 118 cm³/mol. The molecule has 0 saturated heterocycles. The average Bonchev–Trinajstić information content (AvgIpc) is 3.29. The fourth-order valence-electron chi connectivity index (χ4n) is 2.81. The van der Waals surface area contributed by atoms with E-state index in [1.807, 2.05) is 49.7 Å². The molecule has 3 heterocycles. The van der Waals surface area contributed by atoms with Crippen LogP contribution < -0.4 is 10.6 Å². The molecule has 0 aliphatic heterocycles. The zero-order valence-electron chi connectivity index (χ0n) is 16.7. The molecule has 3 aromatic heterocycles. The first-order valence-corrected chi connectivity index (χ1v) is 10.6. The van der Waals surface area contributed by atoms with Gasteiger partial charge in [0.05, 0.1) is 16.6 Å². The summed E-state index contributed by atoms with van der Waals surface area (Å²) in [6.07, 6.45) is 1.17. The molecule has 1 atom stereocenters. The molecule has 0 amide bonds. The summed E-state index contributed by atoms with van der Waals surface area (Å²) in [5.74, 6) is 1.42. The summed E-state index contributed by atoms with van der Waals surface area (Å²) in [6.45, 7) is 7.51. The standard InChI is InChI=1S/C20H25ClN6OS/c1-4-22-20(25-12-16(28)17-6-7-18(21)29-17)24-11-15-5-8-19(23-10-15)27-14(3)9-13(2)26-27/h5-10,16,28H,4,11-12H2,1-3H3,(H2,22,24,25). The summed E-state index contributed by atoms with van der Waals surface area (Å²) in [5, 5.41) is 21.1. The van der Waals surface area contributed by atoms with Gasteiger partial charge in [0.2, 0.25) is 0 Å². The van der Waals surface area contributed by atoms with Gasteiger partial charge in [0, 0.05) is 29.9 Å². The molecule has 154 valence electrons. The van der Waals surface area contributed by atoms with Crippen LogP contribution in [0.3, 0.4) is 0 Å². The highest BCUT2D eigenvalue weighted by molar-refractivity contribution is 7.16. The molecule has 7 nitrogen and oxygen atoms in total. The fraction of sp³-hybridized carbons (Fsp3) is 0.350. The van der Waals surface area contributed by atoms with Crippen molar-refractivity contribution in [3.05, 3.63) is 62.7 Å². The number of pyridine rings is 1. The Labute approximate surface area is 179 Å². The molecule has 0 radical (unpaired) electrons. The van der Waals surface area contributed by atoms with E-state index in [0.717, 1.165) is 34.2 Å². The van der Waals surface area contributed by atoms with Gasteiger partial charge < -0.3 is 15.7 Å². The summed E-state index contributed by atoms with van der Waals surface area (Å²) in [5.41, 5.74) is 2.99. The molecule has 0 saturated carbocycles. The third-order valence-corrected chi connectivity index (χ3v) is 5.52. The van der Waals surface area contributed by atoms with Crippen LogP contribution in [-0.2, 0) is 6.54 Å². The number of guanidine groups is 1. The third-order valence-electron chi connectivity index (χ3n) is 4.18. The average molecular weight is 433 g/mol. The number of rotatable bonds is 7. The lowest BCUT2D eigenvalue weighted by Crippen LogP contribution is -2.39. The van der Waals surface area contributed by atoms with E-state index in [9.17, 15) is 5.11 Å². The number of thiophene rings is 1. The van der Waals surface area contributed by atoms with Crippen molar-refractivity contribution in [1.82, 2.24) is 25.4 Å². The van der Waals surface area contributed by atoms with Crippen molar-refractivity contribution >= 4 is 28.9 Å². The van der Waals surface area contributed by atoms with Crippen LogP contribution in [0, 0.1) is 13.8 Å². The lowest BCUT2D eigenvalue weighted by Gasteiger charge is -2.14. The van der Waals surface area contributed by atoms with E-state index in [0.29, 0.717) is 23.4 Å². The molecule has 9 heteroatoms. The summed E-state index contributed by atoms with van der Waals surface area (Å²) >= 11 is 7.31. The number of aliphatic hydroxyl groups excluding tert-OH is 1. The third kappa shape index (κ3) is 5.79.